The van der Waals surface area contributed by atoms with E-state index in [2.05, 4.69) is 0 Å². The summed E-state index contributed by atoms with van der Waals surface area (Å²) in [4.78, 5) is 26.7. The summed E-state index contributed by atoms with van der Waals surface area (Å²) in [5.74, 6) is -2.53. The van der Waals surface area contributed by atoms with Gasteiger partial charge in [0.25, 0.3) is 5.91 Å². The Bertz CT molecular complexity index is 836. The highest BCUT2D eigenvalue weighted by Crippen LogP contribution is 2.24. The van der Waals surface area contributed by atoms with Crippen LogP contribution in [-0.2, 0) is 11.2 Å². The number of halogens is 2. The molecule has 0 bridgehead atoms. The lowest BCUT2D eigenvalue weighted by atomic mass is 9.90. The number of carbonyl (C=O) groups is 2. The smallest absolute Gasteiger partial charge is 0.259 e. The van der Waals surface area contributed by atoms with E-state index in [1.807, 2.05) is 30.3 Å². The molecule has 1 saturated heterocycles. The van der Waals surface area contributed by atoms with Crippen LogP contribution in [0.4, 0.5) is 8.78 Å². The molecule has 5 heteroatoms. The van der Waals surface area contributed by atoms with Crippen molar-refractivity contribution in [1.29, 1.82) is 0 Å². The molecular weight excluding hydrogens is 348 g/mol. The molecule has 3 rings (SSSR count). The van der Waals surface area contributed by atoms with Gasteiger partial charge < -0.3 is 4.90 Å². The molecule has 0 radical (unpaired) electrons. The van der Waals surface area contributed by atoms with Crippen molar-refractivity contribution < 1.29 is 18.4 Å². The molecule has 0 spiro atoms. The first-order valence-corrected chi connectivity index (χ1v) is 9.28. The number of amides is 1. The number of rotatable bonds is 5. The number of carbonyl (C=O) groups excluding carboxylic acids is 2. The van der Waals surface area contributed by atoms with E-state index >= 15 is 0 Å². The number of hydrogen-bond acceptors (Lipinski definition) is 2. The van der Waals surface area contributed by atoms with Crippen molar-refractivity contribution in [1.82, 2.24) is 4.90 Å². The van der Waals surface area contributed by atoms with Gasteiger partial charge in [-0.3, -0.25) is 9.59 Å². The predicted molar refractivity (Wildman–Crippen MR) is 99.5 cm³/mol. The molecule has 1 heterocycles. The normalized spacial score (nSPS) is 17.0. The van der Waals surface area contributed by atoms with E-state index in [0.717, 1.165) is 11.6 Å². The second-order valence-corrected chi connectivity index (χ2v) is 7.10. The minimum atomic E-state index is -0.861. The highest BCUT2D eigenvalue weighted by molar-refractivity contribution is 5.95. The summed E-state index contributed by atoms with van der Waals surface area (Å²) < 4.78 is 28.3. The number of likely N-dealkylation sites (tertiary alicyclic amines) is 1. The minimum absolute atomic E-state index is 0.0986. The average Bonchev–Trinajstić information content (AvgIpc) is 2.70. The Morgan fingerprint density at radius 3 is 2.59 bits per heavy atom. The molecule has 1 aliphatic heterocycles. The van der Waals surface area contributed by atoms with Crippen LogP contribution < -0.4 is 0 Å². The topological polar surface area (TPSA) is 37.4 Å². The van der Waals surface area contributed by atoms with Gasteiger partial charge in [0.2, 0.25) is 0 Å². The first kappa shape index (κ1) is 19.2. The van der Waals surface area contributed by atoms with Crippen molar-refractivity contribution in [3.8, 4) is 0 Å². The van der Waals surface area contributed by atoms with E-state index in [0.29, 0.717) is 32.2 Å². The zero-order chi connectivity index (χ0) is 19.4. The van der Waals surface area contributed by atoms with Gasteiger partial charge in [-0.15, -0.1) is 0 Å². The highest BCUT2D eigenvalue weighted by atomic mass is 19.1. The maximum absolute atomic E-state index is 14.3. The summed E-state index contributed by atoms with van der Waals surface area (Å²) in [6, 6.07) is 12.2. The van der Waals surface area contributed by atoms with E-state index in [4.69, 9.17) is 0 Å². The number of Topliss-reactive ketones (excluding diaryl/α,β-unsaturated/α-hetero) is 1. The van der Waals surface area contributed by atoms with Gasteiger partial charge in [0.1, 0.15) is 23.0 Å². The van der Waals surface area contributed by atoms with Crippen molar-refractivity contribution in [3.63, 3.8) is 0 Å². The van der Waals surface area contributed by atoms with Crippen LogP contribution in [0.15, 0.2) is 42.5 Å². The van der Waals surface area contributed by atoms with Crippen LogP contribution in [0.1, 0.15) is 40.7 Å². The lowest BCUT2D eigenvalue weighted by Gasteiger charge is -2.32. The van der Waals surface area contributed by atoms with Gasteiger partial charge in [-0.25, -0.2) is 8.78 Å². The first-order valence-electron chi connectivity index (χ1n) is 9.28. The number of benzene rings is 2. The number of ketones is 1. The summed E-state index contributed by atoms with van der Waals surface area (Å²) in [7, 11) is 0. The second-order valence-electron chi connectivity index (χ2n) is 7.10. The summed E-state index contributed by atoms with van der Waals surface area (Å²) >= 11 is 0. The fourth-order valence-corrected chi connectivity index (χ4v) is 3.55. The zero-order valence-corrected chi connectivity index (χ0v) is 15.4. The number of hydrogen-bond donors (Lipinski definition) is 0. The Kier molecular flexibility index (Phi) is 5.99. The highest BCUT2D eigenvalue weighted by Gasteiger charge is 2.31. The standard InChI is InChI=1S/C22H23F2NO2/c1-15-9-11-18(23)20(21(15)24)22(27)25-13-5-8-17(14-25)19(26)12-10-16-6-3-2-4-7-16/h2-4,6-7,9,11,17H,5,8,10,12-14H2,1H3/t17-/m1/s1. The Morgan fingerprint density at radius 1 is 1.11 bits per heavy atom. The molecular formula is C22H23F2NO2. The molecule has 0 unspecified atom stereocenters. The first-order chi connectivity index (χ1) is 13.0. The van der Waals surface area contributed by atoms with Crippen LogP contribution in [0.5, 0.6) is 0 Å². The molecule has 27 heavy (non-hydrogen) atoms. The largest absolute Gasteiger partial charge is 0.338 e. The molecule has 3 nitrogen and oxygen atoms in total. The lowest BCUT2D eigenvalue weighted by molar-refractivity contribution is -0.124. The van der Waals surface area contributed by atoms with Gasteiger partial charge in [-0.05, 0) is 43.4 Å². The quantitative estimate of drug-likeness (QED) is 0.785. The van der Waals surface area contributed by atoms with Crippen molar-refractivity contribution in [3.05, 3.63) is 70.8 Å². The third-order valence-corrected chi connectivity index (χ3v) is 5.16. The fourth-order valence-electron chi connectivity index (χ4n) is 3.55. The molecule has 0 aromatic heterocycles. The lowest BCUT2D eigenvalue weighted by Crippen LogP contribution is -2.43. The Balaban J connectivity index is 1.66. The molecule has 2 aromatic carbocycles. The number of aryl methyl sites for hydroxylation is 2. The number of piperidine rings is 1. The van der Waals surface area contributed by atoms with Gasteiger partial charge in [0, 0.05) is 25.4 Å². The molecule has 1 atom stereocenters. The van der Waals surface area contributed by atoms with Gasteiger partial charge in [0.05, 0.1) is 0 Å². The Morgan fingerprint density at radius 2 is 1.85 bits per heavy atom. The van der Waals surface area contributed by atoms with E-state index in [1.54, 1.807) is 0 Å². The van der Waals surface area contributed by atoms with Crippen LogP contribution in [0.25, 0.3) is 0 Å². The molecule has 0 N–H and O–H groups in total. The van der Waals surface area contributed by atoms with Crippen molar-refractivity contribution in [2.75, 3.05) is 13.1 Å². The van der Waals surface area contributed by atoms with Gasteiger partial charge in [-0.2, -0.15) is 0 Å². The van der Waals surface area contributed by atoms with Crippen LogP contribution >= 0.6 is 0 Å². The van der Waals surface area contributed by atoms with Crippen molar-refractivity contribution in [2.45, 2.75) is 32.6 Å². The van der Waals surface area contributed by atoms with E-state index in [1.165, 1.54) is 17.9 Å². The maximum atomic E-state index is 14.3. The fraction of sp³-hybridized carbons (Fsp3) is 0.364. The zero-order valence-electron chi connectivity index (χ0n) is 15.4. The van der Waals surface area contributed by atoms with E-state index in [9.17, 15) is 18.4 Å². The third-order valence-electron chi connectivity index (χ3n) is 5.16. The van der Waals surface area contributed by atoms with E-state index < -0.39 is 23.1 Å². The Hall–Kier alpha value is -2.56. The van der Waals surface area contributed by atoms with Gasteiger partial charge in [-0.1, -0.05) is 36.4 Å². The molecule has 2 aromatic rings. The summed E-state index contributed by atoms with van der Waals surface area (Å²) in [6.45, 7) is 2.13. The molecule has 1 fully saturated rings. The summed E-state index contributed by atoms with van der Waals surface area (Å²) in [6.07, 6.45) is 2.42. The van der Waals surface area contributed by atoms with Gasteiger partial charge in [0.15, 0.2) is 0 Å². The molecule has 0 saturated carbocycles. The van der Waals surface area contributed by atoms with Gasteiger partial charge >= 0.3 is 0 Å². The monoisotopic (exact) mass is 371 g/mol. The number of nitrogens with zero attached hydrogens (tertiary/aromatic N) is 1. The van der Waals surface area contributed by atoms with E-state index in [-0.39, 0.29) is 23.8 Å². The molecule has 1 aliphatic rings. The molecule has 1 amide bonds. The van der Waals surface area contributed by atoms with Crippen LogP contribution in [0.2, 0.25) is 0 Å². The average molecular weight is 371 g/mol. The predicted octanol–water partition coefficient (Wildman–Crippen LogP) is 4.33. The summed E-state index contributed by atoms with van der Waals surface area (Å²) in [5, 5.41) is 0. The summed E-state index contributed by atoms with van der Waals surface area (Å²) in [5.41, 5.74) is 0.804. The van der Waals surface area contributed by atoms with Crippen molar-refractivity contribution >= 4 is 11.7 Å². The Labute approximate surface area is 158 Å². The second kappa shape index (κ2) is 8.42. The molecule has 142 valence electrons. The molecule has 0 aliphatic carbocycles. The van der Waals surface area contributed by atoms with Crippen molar-refractivity contribution in [2.24, 2.45) is 5.92 Å². The van der Waals surface area contributed by atoms with Crippen LogP contribution in [0.3, 0.4) is 0 Å². The maximum Gasteiger partial charge on any atom is 0.259 e. The van der Waals surface area contributed by atoms with Crippen LogP contribution in [-0.4, -0.2) is 29.7 Å². The SMILES string of the molecule is Cc1ccc(F)c(C(=O)N2CCC[C@@H](C(=O)CCc3ccccc3)C2)c1F. The minimum Gasteiger partial charge on any atom is -0.338 e. The van der Waals surface area contributed by atoms with Crippen LogP contribution in [0, 0.1) is 24.5 Å². The third kappa shape index (κ3) is 4.41.